The lowest BCUT2D eigenvalue weighted by Crippen LogP contribution is -2.32. The number of halogens is 1. The number of methoxy groups -OCH3 is 1. The molecule has 5 heteroatoms. The van der Waals surface area contributed by atoms with Crippen molar-refractivity contribution in [2.75, 3.05) is 33.9 Å². The second kappa shape index (κ2) is 8.02. The highest BCUT2D eigenvalue weighted by molar-refractivity contribution is 6.30. The van der Waals surface area contributed by atoms with Gasteiger partial charge in [0.15, 0.2) is 0 Å². The molecule has 0 fully saturated rings. The van der Waals surface area contributed by atoms with Crippen LogP contribution in [0.2, 0.25) is 5.02 Å². The number of likely N-dealkylation sites (N-methyl/N-ethyl adjacent to an activating group) is 1. The maximum absolute atomic E-state index is 11.3. The molecule has 0 amide bonds. The summed E-state index contributed by atoms with van der Waals surface area (Å²) in [5.41, 5.74) is 0. The largest absolute Gasteiger partial charge is 0.492 e. The first-order chi connectivity index (χ1) is 9.02. The lowest BCUT2D eigenvalue weighted by Gasteiger charge is -2.19. The third kappa shape index (κ3) is 5.94. The van der Waals surface area contributed by atoms with Crippen molar-refractivity contribution in [2.45, 2.75) is 6.92 Å². The predicted molar refractivity (Wildman–Crippen MR) is 75.6 cm³/mol. The Morgan fingerprint density at radius 2 is 2.00 bits per heavy atom. The Bertz CT molecular complexity index is 394. The van der Waals surface area contributed by atoms with Crippen LogP contribution in [0, 0.1) is 5.92 Å². The van der Waals surface area contributed by atoms with E-state index >= 15 is 0 Å². The Kier molecular flexibility index (Phi) is 6.67. The highest BCUT2D eigenvalue weighted by Gasteiger charge is 2.15. The van der Waals surface area contributed by atoms with Crippen LogP contribution in [0.3, 0.4) is 0 Å². The molecule has 0 aliphatic heterocycles. The van der Waals surface area contributed by atoms with Crippen LogP contribution < -0.4 is 4.74 Å². The smallest absolute Gasteiger partial charge is 0.309 e. The summed E-state index contributed by atoms with van der Waals surface area (Å²) in [6.45, 7) is 3.80. The van der Waals surface area contributed by atoms with E-state index < -0.39 is 0 Å². The highest BCUT2D eigenvalue weighted by atomic mass is 35.5. The second-order valence-electron chi connectivity index (χ2n) is 4.49. The van der Waals surface area contributed by atoms with Crippen LogP contribution in [0.5, 0.6) is 5.75 Å². The maximum Gasteiger partial charge on any atom is 0.309 e. The number of rotatable bonds is 7. The molecule has 4 nitrogen and oxygen atoms in total. The summed E-state index contributed by atoms with van der Waals surface area (Å²) in [4.78, 5) is 13.3. The molecule has 106 valence electrons. The maximum atomic E-state index is 11.3. The van der Waals surface area contributed by atoms with E-state index in [0.717, 1.165) is 12.3 Å². The van der Waals surface area contributed by atoms with Crippen LogP contribution in [-0.4, -0.2) is 44.7 Å². The number of nitrogens with zero attached hydrogens (tertiary/aromatic N) is 1. The van der Waals surface area contributed by atoms with E-state index in [1.54, 1.807) is 12.1 Å². The molecule has 0 N–H and O–H groups in total. The molecular weight excluding hydrogens is 266 g/mol. The van der Waals surface area contributed by atoms with Crippen LogP contribution in [0.25, 0.3) is 0 Å². The number of esters is 1. The molecule has 0 aliphatic rings. The summed E-state index contributed by atoms with van der Waals surface area (Å²) in [6.07, 6.45) is 0. The fraction of sp³-hybridized carbons (Fsp3) is 0.500. The summed E-state index contributed by atoms with van der Waals surface area (Å²) in [7, 11) is 3.35. The fourth-order valence-electron chi connectivity index (χ4n) is 1.68. The van der Waals surface area contributed by atoms with Crippen molar-refractivity contribution in [2.24, 2.45) is 5.92 Å². The Labute approximate surface area is 119 Å². The van der Waals surface area contributed by atoms with Crippen molar-refractivity contribution < 1.29 is 14.3 Å². The van der Waals surface area contributed by atoms with Gasteiger partial charge in [-0.3, -0.25) is 4.79 Å². The molecule has 1 unspecified atom stereocenters. The van der Waals surface area contributed by atoms with Crippen molar-refractivity contribution in [1.29, 1.82) is 0 Å². The molecule has 0 heterocycles. The molecule has 1 rings (SSSR count). The van der Waals surface area contributed by atoms with Gasteiger partial charge in [0.2, 0.25) is 0 Å². The van der Waals surface area contributed by atoms with Gasteiger partial charge in [-0.1, -0.05) is 18.5 Å². The number of hydrogen-bond acceptors (Lipinski definition) is 4. The van der Waals surface area contributed by atoms with Crippen LogP contribution in [0.4, 0.5) is 0 Å². The highest BCUT2D eigenvalue weighted by Crippen LogP contribution is 2.15. The number of benzene rings is 1. The van der Waals surface area contributed by atoms with Crippen molar-refractivity contribution >= 4 is 17.6 Å². The molecule has 0 radical (unpaired) electrons. The molecule has 1 aromatic rings. The van der Waals surface area contributed by atoms with Gasteiger partial charge in [-0.05, 0) is 31.3 Å². The summed E-state index contributed by atoms with van der Waals surface area (Å²) < 4.78 is 10.3. The first-order valence-corrected chi connectivity index (χ1v) is 6.55. The molecule has 19 heavy (non-hydrogen) atoms. The zero-order chi connectivity index (χ0) is 14.3. The van der Waals surface area contributed by atoms with Gasteiger partial charge in [0.25, 0.3) is 0 Å². The minimum atomic E-state index is -0.189. The van der Waals surface area contributed by atoms with Gasteiger partial charge in [-0.2, -0.15) is 0 Å². The molecule has 0 bridgehead atoms. The van der Waals surface area contributed by atoms with Gasteiger partial charge in [-0.25, -0.2) is 0 Å². The van der Waals surface area contributed by atoms with E-state index in [9.17, 15) is 4.79 Å². The topological polar surface area (TPSA) is 38.8 Å². The molecular formula is C14H20ClNO3. The zero-order valence-electron chi connectivity index (χ0n) is 11.6. The van der Waals surface area contributed by atoms with E-state index in [2.05, 4.69) is 4.74 Å². The Morgan fingerprint density at radius 3 is 2.58 bits per heavy atom. The lowest BCUT2D eigenvalue weighted by atomic mass is 10.2. The quantitative estimate of drug-likeness (QED) is 0.722. The predicted octanol–water partition coefficient (Wildman–Crippen LogP) is 2.46. The van der Waals surface area contributed by atoms with Gasteiger partial charge in [0, 0.05) is 18.1 Å². The minimum absolute atomic E-state index is 0.134. The van der Waals surface area contributed by atoms with Crippen molar-refractivity contribution in [3.63, 3.8) is 0 Å². The second-order valence-corrected chi connectivity index (χ2v) is 4.93. The zero-order valence-corrected chi connectivity index (χ0v) is 12.3. The molecule has 0 saturated carbocycles. The van der Waals surface area contributed by atoms with Gasteiger partial charge >= 0.3 is 5.97 Å². The van der Waals surface area contributed by atoms with Crippen molar-refractivity contribution in [3.05, 3.63) is 29.3 Å². The Balaban J connectivity index is 2.25. The van der Waals surface area contributed by atoms with E-state index in [1.165, 1.54) is 7.11 Å². The summed E-state index contributed by atoms with van der Waals surface area (Å²) in [5, 5.41) is 0.691. The SMILES string of the molecule is COC(=O)C(C)CN(C)CCOc1ccc(Cl)cc1. The standard InChI is InChI=1S/C14H20ClNO3/c1-11(14(17)18-3)10-16(2)8-9-19-13-6-4-12(15)5-7-13/h4-7,11H,8-10H2,1-3H3. The number of hydrogen-bond donors (Lipinski definition) is 0. The third-order valence-corrected chi connectivity index (χ3v) is 3.00. The van der Waals surface area contributed by atoms with Crippen LogP contribution >= 0.6 is 11.6 Å². The fourth-order valence-corrected chi connectivity index (χ4v) is 1.81. The monoisotopic (exact) mass is 285 g/mol. The van der Waals surface area contributed by atoms with E-state index in [0.29, 0.717) is 18.2 Å². The lowest BCUT2D eigenvalue weighted by molar-refractivity contribution is -0.145. The van der Waals surface area contributed by atoms with E-state index in [-0.39, 0.29) is 11.9 Å². The Hall–Kier alpha value is -1.26. The summed E-state index contributed by atoms with van der Waals surface area (Å²) >= 11 is 5.79. The van der Waals surface area contributed by atoms with Gasteiger partial charge < -0.3 is 14.4 Å². The molecule has 1 atom stereocenters. The normalized spacial score (nSPS) is 12.3. The van der Waals surface area contributed by atoms with Gasteiger partial charge in [0.05, 0.1) is 13.0 Å². The number of carbonyl (C=O) groups excluding carboxylic acids is 1. The van der Waals surface area contributed by atoms with Crippen molar-refractivity contribution in [3.8, 4) is 5.75 Å². The molecule has 0 saturated heterocycles. The summed E-state index contributed by atoms with van der Waals surface area (Å²) in [5.74, 6) is 0.467. The van der Waals surface area contributed by atoms with Crippen LogP contribution in [0.15, 0.2) is 24.3 Å². The van der Waals surface area contributed by atoms with E-state index in [1.807, 2.05) is 31.0 Å². The first-order valence-electron chi connectivity index (χ1n) is 6.17. The first kappa shape index (κ1) is 15.8. The Morgan fingerprint density at radius 1 is 1.37 bits per heavy atom. The molecule has 0 spiro atoms. The van der Waals surface area contributed by atoms with Crippen LogP contribution in [-0.2, 0) is 9.53 Å². The van der Waals surface area contributed by atoms with Gasteiger partial charge in [-0.15, -0.1) is 0 Å². The summed E-state index contributed by atoms with van der Waals surface area (Å²) in [6, 6.07) is 7.25. The van der Waals surface area contributed by atoms with Crippen LogP contribution in [0.1, 0.15) is 6.92 Å². The molecule has 1 aromatic carbocycles. The average Bonchev–Trinajstić information content (AvgIpc) is 2.40. The molecule has 0 aromatic heterocycles. The minimum Gasteiger partial charge on any atom is -0.492 e. The average molecular weight is 286 g/mol. The van der Waals surface area contributed by atoms with Crippen molar-refractivity contribution in [1.82, 2.24) is 4.90 Å². The van der Waals surface area contributed by atoms with Gasteiger partial charge in [0.1, 0.15) is 12.4 Å². The third-order valence-electron chi connectivity index (χ3n) is 2.74. The number of carbonyl (C=O) groups is 1. The molecule has 0 aliphatic carbocycles. The van der Waals surface area contributed by atoms with E-state index in [4.69, 9.17) is 16.3 Å². The number of ether oxygens (including phenoxy) is 2.